The van der Waals surface area contributed by atoms with E-state index in [0.29, 0.717) is 24.8 Å². The smallest absolute Gasteiger partial charge is 0.338 e. The number of allylic oxidation sites excluding steroid dienone is 1. The zero-order valence-electron chi connectivity index (χ0n) is 19.8. The van der Waals surface area contributed by atoms with Gasteiger partial charge in [0.2, 0.25) is 5.78 Å². The summed E-state index contributed by atoms with van der Waals surface area (Å²) < 4.78 is 5.25. The second-order valence-corrected chi connectivity index (χ2v) is 11.2. The van der Waals surface area contributed by atoms with Crippen molar-refractivity contribution in [2.24, 2.45) is 28.6 Å². The molecule has 0 aliphatic heterocycles. The Morgan fingerprint density at radius 1 is 1.06 bits per heavy atom. The van der Waals surface area contributed by atoms with Gasteiger partial charge in [0.15, 0.2) is 12.4 Å². The van der Waals surface area contributed by atoms with Gasteiger partial charge in [-0.05, 0) is 67.6 Å². The van der Waals surface area contributed by atoms with Gasteiger partial charge < -0.3 is 9.84 Å². The first-order valence-electron chi connectivity index (χ1n) is 12.3. The monoisotopic (exact) mass is 464 g/mol. The summed E-state index contributed by atoms with van der Waals surface area (Å²) in [7, 11) is 0. The number of fused-ring (bicyclic) bond motifs is 5. The van der Waals surface area contributed by atoms with Crippen LogP contribution in [0.2, 0.25) is 0 Å². The average Bonchev–Trinajstić information content (AvgIpc) is 3.09. The number of ether oxygens (including phenoxy) is 1. The molecule has 6 atom stereocenters. The van der Waals surface area contributed by atoms with Crippen LogP contribution in [-0.2, 0) is 19.1 Å². The van der Waals surface area contributed by atoms with Crippen molar-refractivity contribution in [2.75, 3.05) is 6.61 Å². The van der Waals surface area contributed by atoms with Crippen LogP contribution in [0.4, 0.5) is 0 Å². The lowest BCUT2D eigenvalue weighted by atomic mass is 9.46. The van der Waals surface area contributed by atoms with Crippen molar-refractivity contribution >= 4 is 23.3 Å². The minimum absolute atomic E-state index is 0.0324. The average molecular weight is 465 g/mol. The van der Waals surface area contributed by atoms with Crippen LogP contribution in [0.25, 0.3) is 0 Å². The van der Waals surface area contributed by atoms with Gasteiger partial charge in [-0.3, -0.25) is 14.4 Å². The second-order valence-electron chi connectivity index (χ2n) is 11.2. The highest BCUT2D eigenvalue weighted by molar-refractivity contribution is 5.96. The van der Waals surface area contributed by atoms with Gasteiger partial charge in [-0.25, -0.2) is 4.79 Å². The molecule has 0 radical (unpaired) electrons. The Balaban J connectivity index is 1.37. The predicted molar refractivity (Wildman–Crippen MR) is 124 cm³/mol. The molecule has 0 bridgehead atoms. The molecule has 0 amide bonds. The number of carbonyl (C=O) groups is 4. The lowest BCUT2D eigenvalue weighted by molar-refractivity contribution is -0.170. The molecule has 1 N–H and O–H groups in total. The van der Waals surface area contributed by atoms with Crippen LogP contribution < -0.4 is 0 Å². The van der Waals surface area contributed by atoms with E-state index < -0.39 is 29.4 Å². The lowest BCUT2D eigenvalue weighted by Crippen LogP contribution is -2.61. The topological polar surface area (TPSA) is 97.7 Å². The van der Waals surface area contributed by atoms with E-state index in [2.05, 4.69) is 6.92 Å². The van der Waals surface area contributed by atoms with Crippen LogP contribution in [0.1, 0.15) is 69.2 Å². The highest BCUT2D eigenvalue weighted by atomic mass is 16.5. The highest BCUT2D eigenvalue weighted by Gasteiger charge is 2.68. The largest absolute Gasteiger partial charge is 0.454 e. The number of esters is 1. The Hall–Kier alpha value is -2.60. The van der Waals surface area contributed by atoms with Gasteiger partial charge in [0.1, 0.15) is 11.4 Å². The summed E-state index contributed by atoms with van der Waals surface area (Å²) in [5.74, 6) is -0.972. The molecular weight excluding hydrogens is 432 g/mol. The van der Waals surface area contributed by atoms with E-state index in [0.717, 1.165) is 18.4 Å². The third-order valence-electron chi connectivity index (χ3n) is 9.61. The van der Waals surface area contributed by atoms with E-state index in [9.17, 15) is 24.3 Å². The van der Waals surface area contributed by atoms with E-state index in [-0.39, 0.29) is 47.6 Å². The fraction of sp³-hybridized carbons (Fsp3) is 0.571. The summed E-state index contributed by atoms with van der Waals surface area (Å²) in [4.78, 5) is 51.3. The predicted octanol–water partition coefficient (Wildman–Crippen LogP) is 3.85. The number of carbonyl (C=O) groups excluding carboxylic acids is 4. The molecule has 6 heteroatoms. The number of hydrogen-bond acceptors (Lipinski definition) is 6. The quantitative estimate of drug-likeness (QED) is 0.680. The van der Waals surface area contributed by atoms with Crippen molar-refractivity contribution < 1.29 is 29.0 Å². The first kappa shape index (κ1) is 23.2. The summed E-state index contributed by atoms with van der Waals surface area (Å²) in [6, 6.07) is 8.43. The number of rotatable bonds is 4. The number of hydrogen-bond donors (Lipinski definition) is 1. The molecule has 3 fully saturated rings. The molecule has 3 saturated carbocycles. The van der Waals surface area contributed by atoms with Crippen molar-refractivity contribution in [3.63, 3.8) is 0 Å². The third-order valence-corrected chi connectivity index (χ3v) is 9.61. The molecule has 4 aliphatic carbocycles. The molecule has 3 unspecified atom stereocenters. The van der Waals surface area contributed by atoms with Crippen molar-refractivity contribution in [1.29, 1.82) is 0 Å². The molecule has 0 heterocycles. The molecular formula is C28H32O6. The molecule has 0 spiro atoms. The van der Waals surface area contributed by atoms with Crippen LogP contribution in [0.3, 0.4) is 0 Å². The first-order chi connectivity index (χ1) is 16.1. The van der Waals surface area contributed by atoms with Crippen molar-refractivity contribution in [3.05, 3.63) is 47.5 Å². The highest BCUT2D eigenvalue weighted by Crippen LogP contribution is 2.66. The van der Waals surface area contributed by atoms with Crippen LogP contribution >= 0.6 is 0 Å². The zero-order valence-corrected chi connectivity index (χ0v) is 19.8. The number of Topliss-reactive ketones (excluding diaryl/α,β-unsaturated/α-hetero) is 2. The second kappa shape index (κ2) is 7.98. The summed E-state index contributed by atoms with van der Waals surface area (Å²) in [6.07, 6.45) is 5.54. The van der Waals surface area contributed by atoms with Crippen molar-refractivity contribution in [2.45, 2.75) is 64.4 Å². The van der Waals surface area contributed by atoms with E-state index in [1.54, 1.807) is 36.4 Å². The minimum Gasteiger partial charge on any atom is -0.454 e. The Labute approximate surface area is 199 Å². The van der Waals surface area contributed by atoms with Crippen molar-refractivity contribution in [1.82, 2.24) is 0 Å². The normalized spacial score (nSPS) is 38.9. The van der Waals surface area contributed by atoms with Gasteiger partial charge >= 0.3 is 5.97 Å². The molecule has 4 aliphatic rings. The Morgan fingerprint density at radius 3 is 2.53 bits per heavy atom. The van der Waals surface area contributed by atoms with E-state index >= 15 is 0 Å². The molecule has 5 rings (SSSR count). The minimum atomic E-state index is -1.70. The lowest BCUT2D eigenvalue weighted by Gasteiger charge is -2.57. The van der Waals surface area contributed by atoms with Crippen LogP contribution in [0, 0.1) is 28.6 Å². The summed E-state index contributed by atoms with van der Waals surface area (Å²) >= 11 is 0. The SMILES string of the molecule is C[C@]12CCC(=O)C=C1CCC1C2C(=O)C[C@@]2(C)C1CC[C@]2(O)C(=O)COC(=O)c1ccccc1. The molecule has 180 valence electrons. The molecule has 0 aromatic heterocycles. The van der Waals surface area contributed by atoms with Gasteiger partial charge in [-0.2, -0.15) is 0 Å². The Kier molecular flexibility index (Phi) is 5.43. The maximum absolute atomic E-state index is 13.7. The molecule has 1 aromatic rings. The first-order valence-corrected chi connectivity index (χ1v) is 12.3. The summed E-state index contributed by atoms with van der Waals surface area (Å²) in [5, 5.41) is 11.7. The standard InChI is InChI=1S/C28H32O6/c1-26-12-10-19(29)14-18(26)8-9-20-21-11-13-28(33,27(21,2)15-22(30)24(20)26)23(31)16-34-25(32)17-6-4-3-5-7-17/h3-7,14,20-21,24,33H,8-13,15-16H2,1-2H3/t20?,21?,24?,26-,27-,28-/m0/s1. The van der Waals surface area contributed by atoms with Crippen molar-refractivity contribution in [3.8, 4) is 0 Å². The number of benzene rings is 1. The van der Waals surface area contributed by atoms with E-state index in [1.807, 2.05) is 6.92 Å². The Morgan fingerprint density at radius 2 is 1.79 bits per heavy atom. The fourth-order valence-electron chi connectivity index (χ4n) is 7.75. The van der Waals surface area contributed by atoms with Gasteiger partial charge in [-0.1, -0.05) is 37.6 Å². The maximum Gasteiger partial charge on any atom is 0.338 e. The van der Waals surface area contributed by atoms with Gasteiger partial charge in [0, 0.05) is 24.2 Å². The van der Waals surface area contributed by atoms with Crippen LogP contribution in [0.5, 0.6) is 0 Å². The summed E-state index contributed by atoms with van der Waals surface area (Å²) in [6.45, 7) is 3.48. The Bertz CT molecular complexity index is 1090. The molecule has 1 aromatic carbocycles. The zero-order chi connectivity index (χ0) is 24.3. The number of aliphatic hydroxyl groups is 1. The number of ketones is 3. The third kappa shape index (κ3) is 3.25. The van der Waals surface area contributed by atoms with Crippen LogP contribution in [-0.4, -0.2) is 40.6 Å². The summed E-state index contributed by atoms with van der Waals surface area (Å²) in [5.41, 5.74) is -1.46. The van der Waals surface area contributed by atoms with Gasteiger partial charge in [0.05, 0.1) is 5.56 Å². The van der Waals surface area contributed by atoms with Crippen LogP contribution in [0.15, 0.2) is 42.0 Å². The fourth-order valence-corrected chi connectivity index (χ4v) is 7.75. The van der Waals surface area contributed by atoms with Gasteiger partial charge in [-0.15, -0.1) is 0 Å². The van der Waals surface area contributed by atoms with E-state index in [1.165, 1.54) is 0 Å². The maximum atomic E-state index is 13.7. The molecule has 6 nitrogen and oxygen atoms in total. The molecule has 0 saturated heterocycles. The van der Waals surface area contributed by atoms with Gasteiger partial charge in [0.25, 0.3) is 0 Å². The van der Waals surface area contributed by atoms with E-state index in [4.69, 9.17) is 4.74 Å². The molecule has 34 heavy (non-hydrogen) atoms.